The van der Waals surface area contributed by atoms with Crippen LogP contribution in [-0.2, 0) is 0 Å². The molecule has 4 aromatic rings. The van der Waals surface area contributed by atoms with Gasteiger partial charge in [0.1, 0.15) is 10.8 Å². The summed E-state index contributed by atoms with van der Waals surface area (Å²) in [4.78, 5) is 14.1. The summed E-state index contributed by atoms with van der Waals surface area (Å²) in [6.45, 7) is 4.20. The molecule has 162 valence electrons. The van der Waals surface area contributed by atoms with Crippen molar-refractivity contribution in [2.45, 2.75) is 19.9 Å². The second-order valence-corrected chi connectivity index (χ2v) is 8.79. The molecule has 0 saturated heterocycles. The molecule has 0 aliphatic heterocycles. The number of ether oxygens (including phenoxy) is 1. The average Bonchev–Trinajstić information content (AvgIpc) is 3.11. The summed E-state index contributed by atoms with van der Waals surface area (Å²) in [5.74, 6) is 0.680. The molecule has 4 rings (SSSR count). The van der Waals surface area contributed by atoms with Crippen LogP contribution in [0.1, 0.15) is 38.0 Å². The SMILES string of the molecule is COc1cccc([C@H](Nc2ccccc2)c2c(NC(=O)c3ccccc3)sc(C)c2C)c1. The van der Waals surface area contributed by atoms with Crippen LogP contribution in [0, 0.1) is 13.8 Å². The standard InChI is InChI=1S/C27H26N2O2S/c1-18-19(2)32-27(29-26(30)20-11-6-4-7-12-20)24(18)25(28-22-14-8-5-9-15-22)21-13-10-16-23(17-21)31-3/h4-17,25,28H,1-3H3,(H,29,30)/t25-/m0/s1. The molecule has 2 N–H and O–H groups in total. The number of carbonyl (C=O) groups excluding carboxylic acids is 1. The normalized spacial score (nSPS) is 11.6. The zero-order valence-corrected chi connectivity index (χ0v) is 19.2. The number of rotatable bonds is 7. The molecule has 32 heavy (non-hydrogen) atoms. The van der Waals surface area contributed by atoms with Gasteiger partial charge in [-0.25, -0.2) is 0 Å². The minimum atomic E-state index is -0.163. The van der Waals surface area contributed by atoms with Gasteiger partial charge in [-0.2, -0.15) is 0 Å². The van der Waals surface area contributed by atoms with E-state index >= 15 is 0 Å². The van der Waals surface area contributed by atoms with Gasteiger partial charge in [0, 0.05) is 21.7 Å². The molecule has 1 atom stereocenters. The van der Waals surface area contributed by atoms with E-state index in [1.807, 2.05) is 78.9 Å². The molecule has 4 nitrogen and oxygen atoms in total. The molecular formula is C27H26N2O2S. The predicted octanol–water partition coefficient (Wildman–Crippen LogP) is 6.83. The number of methoxy groups -OCH3 is 1. The van der Waals surface area contributed by atoms with Gasteiger partial charge in [0.25, 0.3) is 5.91 Å². The molecule has 5 heteroatoms. The second kappa shape index (κ2) is 9.71. The number of thiophene rings is 1. The molecule has 0 unspecified atom stereocenters. The largest absolute Gasteiger partial charge is 0.497 e. The van der Waals surface area contributed by atoms with Gasteiger partial charge in [-0.15, -0.1) is 11.3 Å². The van der Waals surface area contributed by atoms with Crippen LogP contribution in [0.4, 0.5) is 10.7 Å². The van der Waals surface area contributed by atoms with Crippen molar-refractivity contribution in [2.75, 3.05) is 17.7 Å². The van der Waals surface area contributed by atoms with Crippen molar-refractivity contribution in [3.8, 4) is 5.75 Å². The summed E-state index contributed by atoms with van der Waals surface area (Å²) in [5, 5.41) is 7.68. The first-order chi connectivity index (χ1) is 15.6. The van der Waals surface area contributed by atoms with E-state index in [1.54, 1.807) is 18.4 Å². The van der Waals surface area contributed by atoms with Gasteiger partial charge in [-0.3, -0.25) is 4.79 Å². The van der Waals surface area contributed by atoms with Crippen molar-refractivity contribution < 1.29 is 9.53 Å². The molecule has 1 aromatic heterocycles. The van der Waals surface area contributed by atoms with E-state index in [1.165, 1.54) is 4.88 Å². The fraction of sp³-hybridized carbons (Fsp3) is 0.148. The Labute approximate surface area is 192 Å². The minimum absolute atomic E-state index is 0.114. The predicted molar refractivity (Wildman–Crippen MR) is 133 cm³/mol. The molecule has 3 aromatic carbocycles. The van der Waals surface area contributed by atoms with Gasteiger partial charge in [-0.05, 0) is 61.4 Å². The highest BCUT2D eigenvalue weighted by atomic mass is 32.1. The smallest absolute Gasteiger partial charge is 0.256 e. The van der Waals surface area contributed by atoms with E-state index in [4.69, 9.17) is 4.74 Å². The van der Waals surface area contributed by atoms with E-state index in [0.29, 0.717) is 5.56 Å². The summed E-state index contributed by atoms with van der Waals surface area (Å²) in [6.07, 6.45) is 0. The number of anilines is 2. The first-order valence-corrected chi connectivity index (χ1v) is 11.3. The highest BCUT2D eigenvalue weighted by molar-refractivity contribution is 7.16. The molecule has 0 saturated carbocycles. The summed E-state index contributed by atoms with van der Waals surface area (Å²) in [7, 11) is 1.67. The highest BCUT2D eigenvalue weighted by Gasteiger charge is 2.25. The third kappa shape index (κ3) is 4.68. The maximum atomic E-state index is 13.0. The van der Waals surface area contributed by atoms with E-state index < -0.39 is 0 Å². The molecule has 1 heterocycles. The van der Waals surface area contributed by atoms with Gasteiger partial charge in [0.2, 0.25) is 0 Å². The number of benzene rings is 3. The Morgan fingerprint density at radius 1 is 0.906 bits per heavy atom. The molecule has 0 radical (unpaired) electrons. The monoisotopic (exact) mass is 442 g/mol. The lowest BCUT2D eigenvalue weighted by atomic mass is 9.95. The van der Waals surface area contributed by atoms with Crippen molar-refractivity contribution in [1.29, 1.82) is 0 Å². The van der Waals surface area contributed by atoms with Gasteiger partial charge in [0.15, 0.2) is 0 Å². The van der Waals surface area contributed by atoms with Crippen LogP contribution >= 0.6 is 11.3 Å². The van der Waals surface area contributed by atoms with Crippen molar-refractivity contribution in [3.63, 3.8) is 0 Å². The first-order valence-electron chi connectivity index (χ1n) is 10.5. The van der Waals surface area contributed by atoms with Crippen LogP contribution in [0.5, 0.6) is 5.75 Å². The molecule has 1 amide bonds. The number of hydrogen-bond donors (Lipinski definition) is 2. The summed E-state index contributed by atoms with van der Waals surface area (Å²) < 4.78 is 5.48. The number of amides is 1. The summed E-state index contributed by atoms with van der Waals surface area (Å²) >= 11 is 1.60. The Kier molecular flexibility index (Phi) is 6.57. The second-order valence-electron chi connectivity index (χ2n) is 7.57. The lowest BCUT2D eigenvalue weighted by molar-refractivity contribution is 0.102. The third-order valence-electron chi connectivity index (χ3n) is 5.50. The minimum Gasteiger partial charge on any atom is -0.497 e. The van der Waals surface area contributed by atoms with Crippen LogP contribution in [0.2, 0.25) is 0 Å². The number of carbonyl (C=O) groups is 1. The molecule has 0 aliphatic rings. The Morgan fingerprint density at radius 3 is 2.28 bits per heavy atom. The average molecular weight is 443 g/mol. The van der Waals surface area contributed by atoms with Crippen LogP contribution in [0.25, 0.3) is 0 Å². The summed E-state index contributed by atoms with van der Waals surface area (Å²) in [5.41, 5.74) is 4.92. The number of aryl methyl sites for hydroxylation is 1. The number of hydrogen-bond acceptors (Lipinski definition) is 4. The van der Waals surface area contributed by atoms with Crippen LogP contribution < -0.4 is 15.4 Å². The van der Waals surface area contributed by atoms with Crippen molar-refractivity contribution >= 4 is 27.9 Å². The van der Waals surface area contributed by atoms with Crippen LogP contribution in [0.3, 0.4) is 0 Å². The van der Waals surface area contributed by atoms with E-state index in [-0.39, 0.29) is 11.9 Å². The maximum Gasteiger partial charge on any atom is 0.256 e. The number of nitrogens with one attached hydrogen (secondary N) is 2. The summed E-state index contributed by atoms with van der Waals surface area (Å²) in [6, 6.07) is 27.3. The Balaban J connectivity index is 1.79. The van der Waals surface area contributed by atoms with Crippen molar-refractivity contribution in [1.82, 2.24) is 0 Å². The zero-order chi connectivity index (χ0) is 22.5. The zero-order valence-electron chi connectivity index (χ0n) is 18.4. The molecule has 0 bridgehead atoms. The lowest BCUT2D eigenvalue weighted by Crippen LogP contribution is -2.17. The fourth-order valence-electron chi connectivity index (χ4n) is 3.69. The van der Waals surface area contributed by atoms with Gasteiger partial charge in [0.05, 0.1) is 13.2 Å². The molecule has 0 spiro atoms. The first kappa shape index (κ1) is 21.7. The molecule has 0 aliphatic carbocycles. The van der Waals surface area contributed by atoms with Crippen LogP contribution in [0.15, 0.2) is 84.9 Å². The van der Waals surface area contributed by atoms with Gasteiger partial charge >= 0.3 is 0 Å². The highest BCUT2D eigenvalue weighted by Crippen LogP contribution is 2.41. The van der Waals surface area contributed by atoms with Gasteiger partial charge in [-0.1, -0.05) is 48.5 Å². The lowest BCUT2D eigenvalue weighted by Gasteiger charge is -2.23. The molecular weight excluding hydrogens is 416 g/mol. The van der Waals surface area contributed by atoms with E-state index in [0.717, 1.165) is 33.1 Å². The Bertz CT molecular complexity index is 1200. The quantitative estimate of drug-likeness (QED) is 0.330. The topological polar surface area (TPSA) is 50.4 Å². The Hall–Kier alpha value is -3.57. The van der Waals surface area contributed by atoms with Gasteiger partial charge < -0.3 is 15.4 Å². The fourth-order valence-corrected chi connectivity index (χ4v) is 4.79. The van der Waals surface area contributed by atoms with Crippen molar-refractivity contribution in [3.05, 3.63) is 112 Å². The van der Waals surface area contributed by atoms with E-state index in [2.05, 4.69) is 30.5 Å². The van der Waals surface area contributed by atoms with E-state index in [9.17, 15) is 4.79 Å². The van der Waals surface area contributed by atoms with Crippen LogP contribution in [-0.4, -0.2) is 13.0 Å². The maximum absolute atomic E-state index is 13.0. The Morgan fingerprint density at radius 2 is 1.59 bits per heavy atom. The number of para-hydroxylation sites is 1. The third-order valence-corrected chi connectivity index (χ3v) is 6.63. The molecule has 0 fully saturated rings. The van der Waals surface area contributed by atoms with Crippen molar-refractivity contribution in [2.24, 2.45) is 0 Å².